The summed E-state index contributed by atoms with van der Waals surface area (Å²) >= 11 is 0. The van der Waals surface area contributed by atoms with Crippen molar-refractivity contribution in [3.63, 3.8) is 0 Å². The SMILES string of the molecule is Cl.NC1CC(c2cccnc2)NN1. The van der Waals surface area contributed by atoms with Gasteiger partial charge in [0.1, 0.15) is 0 Å². The summed E-state index contributed by atoms with van der Waals surface area (Å²) < 4.78 is 0. The molecule has 4 nitrogen and oxygen atoms in total. The maximum atomic E-state index is 5.67. The number of rotatable bonds is 1. The van der Waals surface area contributed by atoms with Gasteiger partial charge >= 0.3 is 0 Å². The Morgan fingerprint density at radius 1 is 1.46 bits per heavy atom. The van der Waals surface area contributed by atoms with Crippen molar-refractivity contribution >= 4 is 12.4 Å². The van der Waals surface area contributed by atoms with Gasteiger partial charge in [-0.25, -0.2) is 10.9 Å². The van der Waals surface area contributed by atoms with Gasteiger partial charge in [0.05, 0.1) is 12.2 Å². The summed E-state index contributed by atoms with van der Waals surface area (Å²) in [6.45, 7) is 0. The molecule has 0 amide bonds. The first-order chi connectivity index (χ1) is 5.86. The molecule has 2 rings (SSSR count). The predicted octanol–water partition coefficient (Wildman–Crippen LogP) is 0.327. The molecule has 1 aliphatic rings. The molecule has 0 bridgehead atoms. The van der Waals surface area contributed by atoms with Crippen LogP contribution in [0, 0.1) is 0 Å². The standard InChI is InChI=1S/C8H12N4.ClH/c9-8-4-7(11-12-8)6-2-1-3-10-5-6;/h1-3,5,7-8,11-12H,4,9H2;1H. The molecule has 2 unspecified atom stereocenters. The van der Waals surface area contributed by atoms with Gasteiger partial charge in [-0.2, -0.15) is 0 Å². The zero-order valence-electron chi connectivity index (χ0n) is 7.10. The van der Waals surface area contributed by atoms with Crippen LogP contribution < -0.4 is 16.6 Å². The number of hydrogen-bond donors (Lipinski definition) is 3. The van der Waals surface area contributed by atoms with Gasteiger partial charge in [-0.1, -0.05) is 6.07 Å². The van der Waals surface area contributed by atoms with E-state index in [-0.39, 0.29) is 18.6 Å². The van der Waals surface area contributed by atoms with Gasteiger partial charge in [-0.15, -0.1) is 12.4 Å². The predicted molar refractivity (Wildman–Crippen MR) is 53.1 cm³/mol. The Hall–Kier alpha value is -0.680. The molecular weight excluding hydrogens is 188 g/mol. The molecular formula is C8H13ClN4. The van der Waals surface area contributed by atoms with E-state index in [9.17, 15) is 0 Å². The van der Waals surface area contributed by atoms with Crippen molar-refractivity contribution in [1.29, 1.82) is 0 Å². The van der Waals surface area contributed by atoms with E-state index < -0.39 is 0 Å². The van der Waals surface area contributed by atoms with E-state index in [0.29, 0.717) is 6.04 Å². The summed E-state index contributed by atoms with van der Waals surface area (Å²) in [6, 6.07) is 4.28. The van der Waals surface area contributed by atoms with E-state index in [1.54, 1.807) is 6.20 Å². The Bertz CT molecular complexity index is 254. The highest BCUT2D eigenvalue weighted by atomic mass is 35.5. The minimum Gasteiger partial charge on any atom is -0.315 e. The molecule has 2 heterocycles. The summed E-state index contributed by atoms with van der Waals surface area (Å²) in [7, 11) is 0. The third-order valence-corrected chi connectivity index (χ3v) is 2.02. The van der Waals surface area contributed by atoms with Crippen LogP contribution in [0.3, 0.4) is 0 Å². The third-order valence-electron chi connectivity index (χ3n) is 2.02. The number of aromatic nitrogens is 1. The Balaban J connectivity index is 0.000000845. The maximum Gasteiger partial charge on any atom is 0.0698 e. The molecule has 0 saturated carbocycles. The van der Waals surface area contributed by atoms with Crippen LogP contribution in [0.1, 0.15) is 18.0 Å². The Labute approximate surface area is 83.3 Å². The highest BCUT2D eigenvalue weighted by molar-refractivity contribution is 5.85. The normalized spacial score (nSPS) is 26.8. The topological polar surface area (TPSA) is 63.0 Å². The average Bonchev–Trinajstić information content (AvgIpc) is 2.54. The Morgan fingerprint density at radius 2 is 2.31 bits per heavy atom. The molecule has 1 aliphatic heterocycles. The van der Waals surface area contributed by atoms with E-state index in [1.165, 1.54) is 5.56 Å². The first kappa shape index (κ1) is 10.4. The number of halogens is 1. The van der Waals surface area contributed by atoms with Crippen molar-refractivity contribution in [2.24, 2.45) is 5.73 Å². The smallest absolute Gasteiger partial charge is 0.0698 e. The van der Waals surface area contributed by atoms with Crippen molar-refractivity contribution in [3.8, 4) is 0 Å². The van der Waals surface area contributed by atoms with Crippen molar-refractivity contribution < 1.29 is 0 Å². The molecule has 0 radical (unpaired) electrons. The summed E-state index contributed by atoms with van der Waals surface area (Å²) in [6.07, 6.45) is 4.59. The fourth-order valence-corrected chi connectivity index (χ4v) is 1.38. The summed E-state index contributed by atoms with van der Waals surface area (Å²) in [5.41, 5.74) is 12.9. The molecule has 0 aliphatic carbocycles. The first-order valence-corrected chi connectivity index (χ1v) is 4.03. The van der Waals surface area contributed by atoms with E-state index in [1.807, 2.05) is 18.3 Å². The summed E-state index contributed by atoms with van der Waals surface area (Å²) in [4.78, 5) is 4.05. The lowest BCUT2D eigenvalue weighted by molar-refractivity contribution is 0.551. The number of nitrogens with zero attached hydrogens (tertiary/aromatic N) is 1. The van der Waals surface area contributed by atoms with Crippen LogP contribution >= 0.6 is 12.4 Å². The lowest BCUT2D eigenvalue weighted by Gasteiger charge is -2.07. The Kier molecular flexibility index (Phi) is 3.62. The van der Waals surface area contributed by atoms with E-state index in [4.69, 9.17) is 5.73 Å². The van der Waals surface area contributed by atoms with Gasteiger partial charge in [0.25, 0.3) is 0 Å². The Morgan fingerprint density at radius 3 is 2.85 bits per heavy atom. The van der Waals surface area contributed by atoms with Crippen molar-refractivity contribution in [1.82, 2.24) is 15.8 Å². The molecule has 1 aromatic rings. The molecule has 1 aromatic heterocycles. The lowest BCUT2D eigenvalue weighted by atomic mass is 10.1. The second kappa shape index (κ2) is 4.53. The maximum absolute atomic E-state index is 5.67. The molecule has 4 N–H and O–H groups in total. The zero-order chi connectivity index (χ0) is 8.39. The van der Waals surface area contributed by atoms with Crippen LogP contribution in [-0.4, -0.2) is 11.1 Å². The first-order valence-electron chi connectivity index (χ1n) is 4.03. The van der Waals surface area contributed by atoms with E-state index >= 15 is 0 Å². The molecule has 0 spiro atoms. The number of nitrogens with two attached hydrogens (primary N) is 1. The molecule has 1 saturated heterocycles. The fourth-order valence-electron chi connectivity index (χ4n) is 1.38. The number of nitrogens with one attached hydrogen (secondary N) is 2. The molecule has 2 atom stereocenters. The summed E-state index contributed by atoms with van der Waals surface area (Å²) in [5.74, 6) is 0. The monoisotopic (exact) mass is 200 g/mol. The van der Waals surface area contributed by atoms with Gasteiger partial charge in [0, 0.05) is 12.4 Å². The van der Waals surface area contributed by atoms with Crippen LogP contribution in [0.4, 0.5) is 0 Å². The molecule has 0 aromatic carbocycles. The minimum absolute atomic E-state index is 0. The number of hydrazine groups is 1. The quantitative estimate of drug-likeness (QED) is 0.612. The summed E-state index contributed by atoms with van der Waals surface area (Å²) in [5, 5.41) is 0. The van der Waals surface area contributed by atoms with Crippen LogP contribution in [0.2, 0.25) is 0 Å². The second-order valence-corrected chi connectivity index (χ2v) is 2.97. The van der Waals surface area contributed by atoms with Gasteiger partial charge in [-0.3, -0.25) is 4.98 Å². The van der Waals surface area contributed by atoms with E-state index in [0.717, 1.165) is 6.42 Å². The van der Waals surface area contributed by atoms with Crippen molar-refractivity contribution in [2.75, 3.05) is 0 Å². The molecule has 1 fully saturated rings. The lowest BCUT2D eigenvalue weighted by Crippen LogP contribution is -2.36. The number of pyridine rings is 1. The van der Waals surface area contributed by atoms with Crippen molar-refractivity contribution in [2.45, 2.75) is 18.6 Å². The zero-order valence-corrected chi connectivity index (χ0v) is 7.92. The second-order valence-electron chi connectivity index (χ2n) is 2.97. The van der Waals surface area contributed by atoms with Crippen LogP contribution in [-0.2, 0) is 0 Å². The van der Waals surface area contributed by atoms with Crippen LogP contribution in [0.5, 0.6) is 0 Å². The highest BCUT2D eigenvalue weighted by Crippen LogP contribution is 2.18. The van der Waals surface area contributed by atoms with Gasteiger partial charge in [0.15, 0.2) is 0 Å². The van der Waals surface area contributed by atoms with Gasteiger partial charge in [0.2, 0.25) is 0 Å². The van der Waals surface area contributed by atoms with Gasteiger partial charge < -0.3 is 5.73 Å². The average molecular weight is 201 g/mol. The highest BCUT2D eigenvalue weighted by Gasteiger charge is 2.21. The van der Waals surface area contributed by atoms with Crippen LogP contribution in [0.15, 0.2) is 24.5 Å². The minimum atomic E-state index is 0. The van der Waals surface area contributed by atoms with E-state index in [2.05, 4.69) is 15.8 Å². The third kappa shape index (κ3) is 2.38. The van der Waals surface area contributed by atoms with Crippen LogP contribution in [0.25, 0.3) is 0 Å². The molecule has 72 valence electrons. The fraction of sp³-hybridized carbons (Fsp3) is 0.375. The van der Waals surface area contributed by atoms with Crippen molar-refractivity contribution in [3.05, 3.63) is 30.1 Å². The van der Waals surface area contributed by atoms with Gasteiger partial charge in [-0.05, 0) is 18.1 Å². The largest absolute Gasteiger partial charge is 0.315 e. The molecule has 13 heavy (non-hydrogen) atoms. The molecule has 5 heteroatoms. The number of hydrogen-bond acceptors (Lipinski definition) is 4.